The van der Waals surface area contributed by atoms with Gasteiger partial charge in [0, 0.05) is 29.1 Å². The molecule has 1 aromatic heterocycles. The highest BCUT2D eigenvalue weighted by molar-refractivity contribution is 8.00. The molecule has 14 heteroatoms. The van der Waals surface area contributed by atoms with E-state index in [0.29, 0.717) is 24.5 Å². The number of halogens is 3. The molecule has 2 aromatic carbocycles. The quantitative estimate of drug-likeness (QED) is 0.303. The summed E-state index contributed by atoms with van der Waals surface area (Å²) in [6.45, 7) is 3.54. The third-order valence-corrected chi connectivity index (χ3v) is 13.4. The van der Waals surface area contributed by atoms with Gasteiger partial charge in [-0.1, -0.05) is 23.5 Å². The highest BCUT2D eigenvalue weighted by Crippen LogP contribution is 2.69. The van der Waals surface area contributed by atoms with Gasteiger partial charge in [-0.05, 0) is 86.3 Å². The van der Waals surface area contributed by atoms with Crippen LogP contribution >= 0.6 is 23.1 Å². The average molecular weight is 714 g/mol. The fourth-order valence-electron chi connectivity index (χ4n) is 8.95. The molecule has 2 saturated carbocycles. The van der Waals surface area contributed by atoms with Crippen LogP contribution in [0.1, 0.15) is 54.5 Å². The van der Waals surface area contributed by atoms with Crippen molar-refractivity contribution in [1.29, 1.82) is 0 Å². The van der Waals surface area contributed by atoms with E-state index in [1.54, 1.807) is 6.07 Å². The molecule has 258 valence electrons. The van der Waals surface area contributed by atoms with E-state index in [1.807, 2.05) is 24.0 Å². The van der Waals surface area contributed by atoms with E-state index >= 15 is 0 Å². The topological polar surface area (TPSA) is 109 Å². The van der Waals surface area contributed by atoms with E-state index in [1.165, 1.54) is 23.9 Å². The summed E-state index contributed by atoms with van der Waals surface area (Å²) in [5, 5.41) is 0.642. The molecule has 2 aliphatic carbocycles. The minimum Gasteiger partial charge on any atom is -0.490 e. The van der Waals surface area contributed by atoms with Crippen LogP contribution in [0.2, 0.25) is 0 Å². The minimum absolute atomic E-state index is 0.0649. The van der Waals surface area contributed by atoms with Gasteiger partial charge in [0.15, 0.2) is 18.1 Å². The zero-order chi connectivity index (χ0) is 34.2. The maximum atomic E-state index is 14.0. The molecular formula is C35H34F3N3O6S2. The van der Waals surface area contributed by atoms with Crippen molar-refractivity contribution < 1.29 is 37.0 Å². The van der Waals surface area contributed by atoms with E-state index in [2.05, 4.69) is 4.98 Å². The molecule has 0 radical (unpaired) electrons. The predicted octanol–water partition coefficient (Wildman–Crippen LogP) is 5.92. The van der Waals surface area contributed by atoms with Gasteiger partial charge in [0.25, 0.3) is 5.91 Å². The minimum atomic E-state index is -4.62. The number of benzene rings is 2. The smallest absolute Gasteiger partial charge is 0.416 e. The van der Waals surface area contributed by atoms with Crippen LogP contribution in [0.15, 0.2) is 52.3 Å². The monoisotopic (exact) mass is 713 g/mol. The number of nitrogens with one attached hydrogen (secondary N) is 1. The molecule has 7 atom stereocenters. The molecule has 3 aliphatic heterocycles. The number of ether oxygens (including phenoxy) is 2. The van der Waals surface area contributed by atoms with Crippen LogP contribution in [-0.2, 0) is 20.6 Å². The summed E-state index contributed by atoms with van der Waals surface area (Å²) in [6, 6.07) is 9.96. The van der Waals surface area contributed by atoms with Crippen LogP contribution in [0.4, 0.5) is 18.9 Å². The van der Waals surface area contributed by atoms with Crippen LogP contribution in [0.3, 0.4) is 0 Å². The molecule has 2 saturated heterocycles. The van der Waals surface area contributed by atoms with E-state index in [4.69, 9.17) is 9.47 Å². The molecule has 8 rings (SSSR count). The number of fused-ring (bicyclic) bond motifs is 9. The molecule has 1 N–H and O–H groups in total. The number of hydrogen-bond acceptors (Lipinski definition) is 8. The summed E-state index contributed by atoms with van der Waals surface area (Å²) in [7, 11) is 0. The van der Waals surface area contributed by atoms with Gasteiger partial charge in [-0.25, -0.2) is 0 Å². The Morgan fingerprint density at radius 1 is 0.959 bits per heavy atom. The fourth-order valence-corrected chi connectivity index (χ4v) is 11.8. The van der Waals surface area contributed by atoms with Gasteiger partial charge < -0.3 is 19.4 Å². The molecule has 3 amide bonds. The van der Waals surface area contributed by atoms with Crippen molar-refractivity contribution in [2.45, 2.75) is 55.0 Å². The Morgan fingerprint density at radius 3 is 2.45 bits per heavy atom. The van der Waals surface area contributed by atoms with E-state index in [-0.39, 0.29) is 52.0 Å². The number of thioether (sulfide) groups is 1. The lowest BCUT2D eigenvalue weighted by Crippen LogP contribution is -2.42. The molecule has 4 unspecified atom stereocenters. The number of thiazole rings is 1. The second-order valence-corrected chi connectivity index (χ2v) is 15.6. The number of hydrogen-bond donors (Lipinski definition) is 1. The normalized spacial score (nSPS) is 28.8. The largest absolute Gasteiger partial charge is 0.490 e. The Bertz CT molecular complexity index is 1890. The second kappa shape index (κ2) is 12.2. The van der Waals surface area contributed by atoms with Crippen LogP contribution in [0.25, 0.3) is 0 Å². The molecule has 4 fully saturated rings. The second-order valence-electron chi connectivity index (χ2n) is 13.4. The van der Waals surface area contributed by atoms with Gasteiger partial charge in [0.2, 0.25) is 11.8 Å². The zero-order valence-electron chi connectivity index (χ0n) is 26.5. The number of aromatic nitrogens is 1. The molecule has 2 bridgehead atoms. The summed E-state index contributed by atoms with van der Waals surface area (Å²) in [6.07, 6.45) is -0.910. The molecule has 0 spiro atoms. The number of piperidine rings is 1. The van der Waals surface area contributed by atoms with Crippen molar-refractivity contribution >= 4 is 46.5 Å². The molecule has 5 aliphatic rings. The number of amides is 3. The van der Waals surface area contributed by atoms with E-state index < -0.39 is 35.4 Å². The van der Waals surface area contributed by atoms with Crippen molar-refractivity contribution in [1.82, 2.24) is 9.88 Å². The lowest BCUT2D eigenvalue weighted by atomic mass is 9.68. The number of H-pyrrole nitrogens is 1. The van der Waals surface area contributed by atoms with Gasteiger partial charge >= 0.3 is 11.0 Å². The number of nitrogens with zero attached hydrogens (tertiary/aromatic N) is 2. The highest BCUT2D eigenvalue weighted by Gasteiger charge is 2.69. The van der Waals surface area contributed by atoms with Crippen molar-refractivity contribution in [3.05, 3.63) is 68.1 Å². The van der Waals surface area contributed by atoms with Crippen LogP contribution in [0, 0.1) is 29.6 Å². The number of rotatable bonds is 7. The fraction of sp³-hybridized carbons (Fsp3) is 0.486. The van der Waals surface area contributed by atoms with Crippen LogP contribution in [0.5, 0.6) is 11.5 Å². The predicted molar refractivity (Wildman–Crippen MR) is 176 cm³/mol. The number of likely N-dealkylation sites (tertiary alicyclic amines) is 1. The van der Waals surface area contributed by atoms with Crippen molar-refractivity contribution in [2.75, 3.05) is 31.2 Å². The van der Waals surface area contributed by atoms with Gasteiger partial charge in [-0.2, -0.15) is 13.2 Å². The maximum absolute atomic E-state index is 14.0. The zero-order valence-corrected chi connectivity index (χ0v) is 28.2. The number of alkyl halides is 3. The molecule has 3 aromatic rings. The maximum Gasteiger partial charge on any atom is 0.416 e. The summed E-state index contributed by atoms with van der Waals surface area (Å²) < 4.78 is 52.7. The Morgan fingerprint density at radius 2 is 1.71 bits per heavy atom. The highest BCUT2D eigenvalue weighted by atomic mass is 32.2. The SMILES string of the molecule is CCOc1cc([C@H]2c3sc(=O)[nH]c3SC3C2[C@H]2C[C@@H]3C3C(=O)N(c4cccc(C(F)(F)F)c4)C(=O)C32)ccc1OCC(=O)N1CCCCC1. The van der Waals surface area contributed by atoms with Crippen molar-refractivity contribution in [3.63, 3.8) is 0 Å². The Hall–Kier alpha value is -3.78. The molecule has 9 nitrogen and oxygen atoms in total. The molecule has 49 heavy (non-hydrogen) atoms. The first-order chi connectivity index (χ1) is 23.5. The average Bonchev–Trinajstić information content (AvgIpc) is 3.83. The van der Waals surface area contributed by atoms with Gasteiger partial charge in [-0.3, -0.25) is 24.1 Å². The number of carbonyl (C=O) groups excluding carboxylic acids is 3. The summed E-state index contributed by atoms with van der Waals surface area (Å²) >= 11 is 2.66. The third kappa shape index (κ3) is 5.36. The number of anilines is 1. The number of aromatic amines is 1. The summed E-state index contributed by atoms with van der Waals surface area (Å²) in [5.74, 6) is -2.22. The van der Waals surface area contributed by atoms with E-state index in [0.717, 1.165) is 76.2 Å². The molecule has 4 heterocycles. The number of imide groups is 1. The van der Waals surface area contributed by atoms with Crippen LogP contribution in [-0.4, -0.2) is 59.2 Å². The standard InChI is InChI=1S/C35H34F3N3O6S2/c1-2-46-23-13-17(9-10-22(23)47-16-24(42)40-11-4-3-5-12-40)25-26-20-15-21(29(26)48-31-30(25)49-34(45)39-31)28-27(20)32(43)41(33(28)44)19-8-6-7-18(14-19)35(36,37)38/h6-10,13-14,20-21,25-29H,2-5,11-12,15-16H2,1H3,(H,39,45)/t20-,21-,25-,26?,27?,28?,29?/m1/s1. The van der Waals surface area contributed by atoms with E-state index in [9.17, 15) is 32.3 Å². The van der Waals surface area contributed by atoms with Crippen LogP contribution < -0.4 is 19.2 Å². The molecular weight excluding hydrogens is 680 g/mol. The Balaban J connectivity index is 1.12. The Kier molecular flexibility index (Phi) is 8.09. The van der Waals surface area contributed by atoms with Gasteiger partial charge in [0.05, 0.1) is 34.7 Å². The summed E-state index contributed by atoms with van der Waals surface area (Å²) in [5.41, 5.74) is -0.123. The van der Waals surface area contributed by atoms with Gasteiger partial charge in [0.1, 0.15) is 0 Å². The third-order valence-electron chi connectivity index (χ3n) is 10.8. The summed E-state index contributed by atoms with van der Waals surface area (Å²) in [4.78, 5) is 59.9. The number of carbonyl (C=O) groups is 3. The first kappa shape index (κ1) is 32.4. The lowest BCUT2D eigenvalue weighted by Gasteiger charge is -2.43. The first-order valence-corrected chi connectivity index (χ1v) is 18.4. The first-order valence-electron chi connectivity index (χ1n) is 16.7. The Labute approximate surface area is 288 Å². The van der Waals surface area contributed by atoms with Crippen molar-refractivity contribution in [3.8, 4) is 11.5 Å². The van der Waals surface area contributed by atoms with Crippen molar-refractivity contribution in [2.24, 2.45) is 29.6 Å². The lowest BCUT2D eigenvalue weighted by molar-refractivity contribution is -0.137. The van der Waals surface area contributed by atoms with Gasteiger partial charge in [-0.15, -0.1) is 11.8 Å².